The molecule has 0 unspecified atom stereocenters. The largest absolute Gasteiger partial charge is 0.477 e. The van der Waals surface area contributed by atoms with Crippen molar-refractivity contribution in [3.8, 4) is 22.6 Å². The number of carboxylic acids is 1. The van der Waals surface area contributed by atoms with Crippen molar-refractivity contribution in [1.82, 2.24) is 9.55 Å². The van der Waals surface area contributed by atoms with E-state index < -0.39 is 11.5 Å². The summed E-state index contributed by atoms with van der Waals surface area (Å²) in [5.74, 6) is -0.855. The molecule has 1 N–H and O–H groups in total. The molecule has 3 aromatic carbocycles. The third-order valence-electron chi connectivity index (χ3n) is 4.65. The predicted molar refractivity (Wildman–Crippen MR) is 112 cm³/mol. The molecule has 0 bridgehead atoms. The number of carbonyl (C=O) groups is 1. The average Bonchev–Trinajstić information content (AvgIpc) is 2.76. The molecule has 4 aromatic rings. The van der Waals surface area contributed by atoms with Gasteiger partial charge in [-0.05, 0) is 5.56 Å². The standard InChI is InChI=1S/C24H18N2O3/c27-23-20(24(28)29)21(18-12-6-2-7-13-18)25-22(19-14-8-3-9-15-19)26(23)16-17-10-4-1-5-11-17/h1-15H,16H2,(H,28,29). The van der Waals surface area contributed by atoms with Crippen LogP contribution in [0.25, 0.3) is 22.6 Å². The van der Waals surface area contributed by atoms with Crippen LogP contribution in [-0.2, 0) is 6.54 Å². The maximum absolute atomic E-state index is 13.3. The summed E-state index contributed by atoms with van der Waals surface area (Å²) in [5, 5.41) is 9.81. The molecule has 0 atom stereocenters. The number of hydrogen-bond acceptors (Lipinski definition) is 3. The summed E-state index contributed by atoms with van der Waals surface area (Å²) in [5.41, 5.74) is 1.49. The minimum Gasteiger partial charge on any atom is -0.477 e. The maximum Gasteiger partial charge on any atom is 0.343 e. The van der Waals surface area contributed by atoms with E-state index >= 15 is 0 Å². The van der Waals surface area contributed by atoms with Crippen LogP contribution in [0.2, 0.25) is 0 Å². The van der Waals surface area contributed by atoms with Crippen molar-refractivity contribution >= 4 is 5.97 Å². The second-order valence-electron chi connectivity index (χ2n) is 6.57. The fourth-order valence-electron chi connectivity index (χ4n) is 3.27. The lowest BCUT2D eigenvalue weighted by molar-refractivity contribution is 0.0694. The van der Waals surface area contributed by atoms with Crippen molar-refractivity contribution in [3.63, 3.8) is 0 Å². The highest BCUT2D eigenvalue weighted by Crippen LogP contribution is 2.24. The molecule has 4 rings (SSSR count). The summed E-state index contributed by atoms with van der Waals surface area (Å²) in [4.78, 5) is 30.0. The second kappa shape index (κ2) is 7.94. The molecule has 0 aliphatic heterocycles. The lowest BCUT2D eigenvalue weighted by atomic mass is 10.1. The summed E-state index contributed by atoms with van der Waals surface area (Å²) < 4.78 is 1.43. The van der Waals surface area contributed by atoms with Gasteiger partial charge >= 0.3 is 5.97 Å². The average molecular weight is 382 g/mol. The first-order chi connectivity index (χ1) is 14.1. The van der Waals surface area contributed by atoms with Gasteiger partial charge in [0, 0.05) is 11.1 Å². The summed E-state index contributed by atoms with van der Waals surface area (Å²) in [6.07, 6.45) is 0. The number of aromatic carboxylic acids is 1. The molecule has 142 valence electrons. The normalized spacial score (nSPS) is 10.6. The molecular weight excluding hydrogens is 364 g/mol. The van der Waals surface area contributed by atoms with Crippen LogP contribution in [-0.4, -0.2) is 20.6 Å². The minimum absolute atomic E-state index is 0.172. The Bertz CT molecular complexity index is 1200. The fraction of sp³-hybridized carbons (Fsp3) is 0.0417. The first-order valence-electron chi connectivity index (χ1n) is 9.18. The molecule has 5 nitrogen and oxygen atoms in total. The zero-order chi connectivity index (χ0) is 20.2. The fourth-order valence-corrected chi connectivity index (χ4v) is 3.27. The Labute approximate surface area is 167 Å². The molecule has 0 saturated carbocycles. The van der Waals surface area contributed by atoms with E-state index in [9.17, 15) is 14.7 Å². The van der Waals surface area contributed by atoms with Gasteiger partial charge < -0.3 is 5.11 Å². The van der Waals surface area contributed by atoms with E-state index in [-0.39, 0.29) is 17.8 Å². The molecule has 0 aliphatic carbocycles. The maximum atomic E-state index is 13.3. The predicted octanol–water partition coefficient (Wildman–Crippen LogP) is 4.32. The quantitative estimate of drug-likeness (QED) is 0.558. The highest BCUT2D eigenvalue weighted by Gasteiger charge is 2.23. The molecule has 0 spiro atoms. The van der Waals surface area contributed by atoms with Crippen molar-refractivity contribution in [2.24, 2.45) is 0 Å². The van der Waals surface area contributed by atoms with Gasteiger partial charge in [0.2, 0.25) is 0 Å². The third-order valence-corrected chi connectivity index (χ3v) is 4.65. The zero-order valence-corrected chi connectivity index (χ0v) is 15.5. The van der Waals surface area contributed by atoms with Crippen LogP contribution in [0.1, 0.15) is 15.9 Å². The van der Waals surface area contributed by atoms with E-state index in [0.29, 0.717) is 11.4 Å². The number of aromatic nitrogens is 2. The van der Waals surface area contributed by atoms with E-state index in [2.05, 4.69) is 4.98 Å². The Balaban J connectivity index is 2.02. The monoisotopic (exact) mass is 382 g/mol. The van der Waals surface area contributed by atoms with E-state index in [0.717, 1.165) is 11.1 Å². The van der Waals surface area contributed by atoms with Gasteiger partial charge in [0.05, 0.1) is 12.2 Å². The van der Waals surface area contributed by atoms with Gasteiger partial charge in [-0.2, -0.15) is 0 Å². The topological polar surface area (TPSA) is 72.2 Å². The summed E-state index contributed by atoms with van der Waals surface area (Å²) >= 11 is 0. The van der Waals surface area contributed by atoms with Crippen LogP contribution in [0.4, 0.5) is 0 Å². The number of hydrogen-bond donors (Lipinski definition) is 1. The molecule has 0 radical (unpaired) electrons. The smallest absolute Gasteiger partial charge is 0.343 e. The molecule has 5 heteroatoms. The van der Waals surface area contributed by atoms with Crippen molar-refractivity contribution < 1.29 is 9.90 Å². The summed E-state index contributed by atoms with van der Waals surface area (Å²) in [6.45, 7) is 0.228. The Morgan fingerprint density at radius 1 is 0.793 bits per heavy atom. The molecule has 0 saturated heterocycles. The van der Waals surface area contributed by atoms with Gasteiger partial charge in [-0.25, -0.2) is 9.78 Å². The van der Waals surface area contributed by atoms with E-state index in [4.69, 9.17) is 0 Å². The molecular formula is C24H18N2O3. The van der Waals surface area contributed by atoms with Crippen molar-refractivity contribution in [2.45, 2.75) is 6.54 Å². The number of benzene rings is 3. The number of carboxylic acid groups (broad SMARTS) is 1. The number of rotatable bonds is 5. The van der Waals surface area contributed by atoms with Crippen molar-refractivity contribution in [3.05, 3.63) is 112 Å². The van der Waals surface area contributed by atoms with Crippen LogP contribution >= 0.6 is 0 Å². The van der Waals surface area contributed by atoms with Crippen LogP contribution in [0.5, 0.6) is 0 Å². The lowest BCUT2D eigenvalue weighted by Crippen LogP contribution is -2.30. The van der Waals surface area contributed by atoms with E-state index in [1.54, 1.807) is 24.3 Å². The first-order valence-corrected chi connectivity index (χ1v) is 9.18. The first kappa shape index (κ1) is 18.4. The van der Waals surface area contributed by atoms with Crippen molar-refractivity contribution in [1.29, 1.82) is 0 Å². The van der Waals surface area contributed by atoms with E-state index in [1.165, 1.54) is 4.57 Å². The Hall–Kier alpha value is -3.99. The van der Waals surface area contributed by atoms with Crippen LogP contribution < -0.4 is 5.56 Å². The Kier molecular flexibility index (Phi) is 5.03. The van der Waals surface area contributed by atoms with Gasteiger partial charge in [0.25, 0.3) is 5.56 Å². The van der Waals surface area contributed by atoms with Crippen molar-refractivity contribution in [2.75, 3.05) is 0 Å². The van der Waals surface area contributed by atoms with Gasteiger partial charge in [0.1, 0.15) is 5.82 Å². The molecule has 0 amide bonds. The molecule has 29 heavy (non-hydrogen) atoms. The highest BCUT2D eigenvalue weighted by atomic mass is 16.4. The van der Waals surface area contributed by atoms with E-state index in [1.807, 2.05) is 66.7 Å². The Morgan fingerprint density at radius 3 is 1.86 bits per heavy atom. The molecule has 1 aromatic heterocycles. The zero-order valence-electron chi connectivity index (χ0n) is 15.5. The van der Waals surface area contributed by atoms with Gasteiger partial charge in [0.15, 0.2) is 5.56 Å². The summed E-state index contributed by atoms with van der Waals surface area (Å²) in [6, 6.07) is 27.7. The van der Waals surface area contributed by atoms with Crippen LogP contribution in [0, 0.1) is 0 Å². The molecule has 1 heterocycles. The molecule has 0 aliphatic rings. The van der Waals surface area contributed by atoms with Gasteiger partial charge in [-0.3, -0.25) is 9.36 Å². The summed E-state index contributed by atoms with van der Waals surface area (Å²) in [7, 11) is 0. The third kappa shape index (κ3) is 3.71. The van der Waals surface area contributed by atoms with Crippen LogP contribution in [0.15, 0.2) is 95.8 Å². The Morgan fingerprint density at radius 2 is 1.31 bits per heavy atom. The number of nitrogens with zero attached hydrogens (tertiary/aromatic N) is 2. The highest BCUT2D eigenvalue weighted by molar-refractivity contribution is 5.94. The van der Waals surface area contributed by atoms with Gasteiger partial charge in [-0.1, -0.05) is 91.0 Å². The van der Waals surface area contributed by atoms with Gasteiger partial charge in [-0.15, -0.1) is 0 Å². The van der Waals surface area contributed by atoms with Crippen LogP contribution in [0.3, 0.4) is 0 Å². The second-order valence-corrected chi connectivity index (χ2v) is 6.57. The minimum atomic E-state index is -1.29. The lowest BCUT2D eigenvalue weighted by Gasteiger charge is -2.16. The molecule has 0 fully saturated rings. The SMILES string of the molecule is O=C(O)c1c(-c2ccccc2)nc(-c2ccccc2)n(Cc2ccccc2)c1=O.